The van der Waals surface area contributed by atoms with Gasteiger partial charge in [0.25, 0.3) is 0 Å². The van der Waals surface area contributed by atoms with Crippen molar-refractivity contribution in [1.29, 1.82) is 0 Å². The summed E-state index contributed by atoms with van der Waals surface area (Å²) < 4.78 is 0. The minimum Gasteiger partial charge on any atom is -0.326 e. The molecule has 114 valence electrons. The highest BCUT2D eigenvalue weighted by Gasteiger charge is 2.22. The summed E-state index contributed by atoms with van der Waals surface area (Å²) in [6.45, 7) is 6.32. The fourth-order valence-electron chi connectivity index (χ4n) is 2.54. The van der Waals surface area contributed by atoms with Crippen molar-refractivity contribution in [1.82, 2.24) is 5.32 Å². The number of rotatable bonds is 6. The van der Waals surface area contributed by atoms with E-state index in [0.717, 1.165) is 36.4 Å². The molecule has 5 nitrogen and oxygen atoms in total. The molecule has 2 rings (SSSR count). The molecule has 1 heterocycles. The van der Waals surface area contributed by atoms with Crippen LogP contribution in [0.25, 0.3) is 0 Å². The van der Waals surface area contributed by atoms with Gasteiger partial charge in [-0.3, -0.25) is 9.59 Å². The van der Waals surface area contributed by atoms with E-state index in [9.17, 15) is 9.59 Å². The van der Waals surface area contributed by atoms with Gasteiger partial charge in [0.05, 0.1) is 0 Å². The van der Waals surface area contributed by atoms with Crippen LogP contribution >= 0.6 is 0 Å². The van der Waals surface area contributed by atoms with Crippen LogP contribution < -0.4 is 15.5 Å². The second-order valence-electron chi connectivity index (χ2n) is 5.30. The first-order chi connectivity index (χ1) is 10.1. The maximum absolute atomic E-state index is 11.8. The second kappa shape index (κ2) is 7.22. The van der Waals surface area contributed by atoms with Gasteiger partial charge in [0, 0.05) is 37.3 Å². The number of nitrogens with zero attached hydrogens (tertiary/aromatic N) is 1. The van der Waals surface area contributed by atoms with E-state index in [-0.39, 0.29) is 11.8 Å². The van der Waals surface area contributed by atoms with Crippen LogP contribution in [0.1, 0.15) is 31.7 Å². The van der Waals surface area contributed by atoms with Crippen LogP contribution in [0, 0.1) is 6.92 Å². The molecule has 2 N–H and O–H groups in total. The van der Waals surface area contributed by atoms with E-state index in [1.165, 1.54) is 0 Å². The normalized spacial score (nSPS) is 14.6. The Kier molecular flexibility index (Phi) is 5.33. The van der Waals surface area contributed by atoms with Gasteiger partial charge in [-0.05, 0) is 43.7 Å². The SMILES string of the molecule is CCNCCC(=O)Nc1ccc(N2CCCC2=O)c(C)c1. The molecule has 1 saturated heterocycles. The molecule has 1 fully saturated rings. The van der Waals surface area contributed by atoms with Crippen molar-refractivity contribution in [2.45, 2.75) is 33.1 Å². The van der Waals surface area contributed by atoms with Crippen molar-refractivity contribution < 1.29 is 9.59 Å². The number of hydrogen-bond acceptors (Lipinski definition) is 3. The Morgan fingerprint density at radius 1 is 1.38 bits per heavy atom. The summed E-state index contributed by atoms with van der Waals surface area (Å²) >= 11 is 0. The predicted octanol–water partition coefficient (Wildman–Crippen LogP) is 2.06. The first-order valence-electron chi connectivity index (χ1n) is 7.53. The van der Waals surface area contributed by atoms with Crippen molar-refractivity contribution in [2.75, 3.05) is 29.9 Å². The molecule has 1 aliphatic rings. The molecule has 1 aromatic carbocycles. The van der Waals surface area contributed by atoms with Crippen LogP contribution in [0.2, 0.25) is 0 Å². The van der Waals surface area contributed by atoms with Gasteiger partial charge in [-0.1, -0.05) is 6.92 Å². The number of nitrogens with one attached hydrogen (secondary N) is 2. The van der Waals surface area contributed by atoms with Gasteiger partial charge in [0.2, 0.25) is 11.8 Å². The Morgan fingerprint density at radius 2 is 2.19 bits per heavy atom. The monoisotopic (exact) mass is 289 g/mol. The highest BCUT2D eigenvalue weighted by molar-refractivity contribution is 5.97. The molecular formula is C16H23N3O2. The molecule has 0 spiro atoms. The summed E-state index contributed by atoms with van der Waals surface area (Å²) in [5.74, 6) is 0.181. The van der Waals surface area contributed by atoms with Gasteiger partial charge in [0.15, 0.2) is 0 Å². The molecule has 0 aliphatic carbocycles. The summed E-state index contributed by atoms with van der Waals surface area (Å²) in [6, 6.07) is 5.70. The largest absolute Gasteiger partial charge is 0.326 e. The van der Waals surface area contributed by atoms with Gasteiger partial charge in [-0.2, -0.15) is 0 Å². The lowest BCUT2D eigenvalue weighted by atomic mass is 10.1. The van der Waals surface area contributed by atoms with Gasteiger partial charge >= 0.3 is 0 Å². The van der Waals surface area contributed by atoms with Gasteiger partial charge in [-0.25, -0.2) is 0 Å². The summed E-state index contributed by atoms with van der Waals surface area (Å²) in [7, 11) is 0. The smallest absolute Gasteiger partial charge is 0.227 e. The highest BCUT2D eigenvalue weighted by Crippen LogP contribution is 2.27. The van der Waals surface area contributed by atoms with Gasteiger partial charge in [0.1, 0.15) is 0 Å². The third-order valence-corrected chi connectivity index (χ3v) is 3.62. The van der Waals surface area contributed by atoms with Crippen molar-refractivity contribution in [3.05, 3.63) is 23.8 Å². The van der Waals surface area contributed by atoms with Crippen LogP contribution in [0.15, 0.2) is 18.2 Å². The molecule has 1 aliphatic heterocycles. The van der Waals surface area contributed by atoms with E-state index < -0.39 is 0 Å². The Morgan fingerprint density at radius 3 is 2.81 bits per heavy atom. The zero-order valence-corrected chi connectivity index (χ0v) is 12.7. The highest BCUT2D eigenvalue weighted by atomic mass is 16.2. The summed E-state index contributed by atoms with van der Waals surface area (Å²) in [5, 5.41) is 6.01. The van der Waals surface area contributed by atoms with E-state index >= 15 is 0 Å². The zero-order valence-electron chi connectivity index (χ0n) is 12.7. The molecule has 0 aromatic heterocycles. The topological polar surface area (TPSA) is 61.4 Å². The van der Waals surface area contributed by atoms with Crippen molar-refractivity contribution in [3.8, 4) is 0 Å². The summed E-state index contributed by atoms with van der Waals surface area (Å²) in [5.41, 5.74) is 2.74. The number of carbonyl (C=O) groups excluding carboxylic acids is 2. The second-order valence-corrected chi connectivity index (χ2v) is 5.30. The predicted molar refractivity (Wildman–Crippen MR) is 84.6 cm³/mol. The fourth-order valence-corrected chi connectivity index (χ4v) is 2.54. The Balaban J connectivity index is 1.98. The lowest BCUT2D eigenvalue weighted by Gasteiger charge is -2.19. The summed E-state index contributed by atoms with van der Waals surface area (Å²) in [6.07, 6.45) is 2.00. The van der Waals surface area contributed by atoms with Gasteiger partial charge < -0.3 is 15.5 Å². The third kappa shape index (κ3) is 4.04. The van der Waals surface area contributed by atoms with Crippen LogP contribution in [-0.2, 0) is 9.59 Å². The first-order valence-corrected chi connectivity index (χ1v) is 7.53. The number of aryl methyl sites for hydroxylation is 1. The number of hydrogen-bond donors (Lipinski definition) is 2. The molecule has 5 heteroatoms. The molecule has 0 radical (unpaired) electrons. The van der Waals surface area contributed by atoms with Crippen LogP contribution in [-0.4, -0.2) is 31.4 Å². The minimum atomic E-state index is 0.000323. The van der Waals surface area contributed by atoms with Crippen molar-refractivity contribution in [2.24, 2.45) is 0 Å². The first kappa shape index (κ1) is 15.5. The third-order valence-electron chi connectivity index (χ3n) is 3.62. The number of benzene rings is 1. The number of anilines is 2. The molecule has 0 bridgehead atoms. The van der Waals surface area contributed by atoms with E-state index in [4.69, 9.17) is 0 Å². The van der Waals surface area contributed by atoms with E-state index in [0.29, 0.717) is 19.4 Å². The molecule has 2 amide bonds. The minimum absolute atomic E-state index is 0.000323. The molecule has 1 aromatic rings. The average Bonchev–Trinajstić information content (AvgIpc) is 2.85. The molecule has 21 heavy (non-hydrogen) atoms. The Bertz CT molecular complexity index is 528. The van der Waals surface area contributed by atoms with Crippen LogP contribution in [0.3, 0.4) is 0 Å². The molecule has 0 unspecified atom stereocenters. The maximum Gasteiger partial charge on any atom is 0.227 e. The Labute approximate surface area is 125 Å². The van der Waals surface area contributed by atoms with E-state index in [1.807, 2.05) is 36.9 Å². The van der Waals surface area contributed by atoms with E-state index in [2.05, 4.69) is 10.6 Å². The number of carbonyl (C=O) groups is 2. The maximum atomic E-state index is 11.8. The molecule has 0 atom stereocenters. The number of amides is 2. The zero-order chi connectivity index (χ0) is 15.2. The average molecular weight is 289 g/mol. The van der Waals surface area contributed by atoms with Crippen molar-refractivity contribution >= 4 is 23.2 Å². The van der Waals surface area contributed by atoms with Gasteiger partial charge in [-0.15, -0.1) is 0 Å². The molecule has 0 saturated carbocycles. The lowest BCUT2D eigenvalue weighted by molar-refractivity contribution is -0.117. The van der Waals surface area contributed by atoms with Crippen LogP contribution in [0.5, 0.6) is 0 Å². The Hall–Kier alpha value is -1.88. The van der Waals surface area contributed by atoms with Crippen LogP contribution in [0.4, 0.5) is 11.4 Å². The quantitative estimate of drug-likeness (QED) is 0.788. The summed E-state index contributed by atoms with van der Waals surface area (Å²) in [4.78, 5) is 25.4. The lowest BCUT2D eigenvalue weighted by Crippen LogP contribution is -2.24. The van der Waals surface area contributed by atoms with Crippen molar-refractivity contribution in [3.63, 3.8) is 0 Å². The molecular weight excluding hydrogens is 266 g/mol. The standard InChI is InChI=1S/C16H23N3O2/c1-3-17-9-8-15(20)18-13-6-7-14(12(2)11-13)19-10-4-5-16(19)21/h6-7,11,17H,3-5,8-10H2,1-2H3,(H,18,20). The fraction of sp³-hybridized carbons (Fsp3) is 0.500. The van der Waals surface area contributed by atoms with E-state index in [1.54, 1.807) is 0 Å².